The fraction of sp³-hybridized carbons (Fsp3) is 0.143. The number of ether oxygens (including phenoxy) is 1. The van der Waals surface area contributed by atoms with E-state index < -0.39 is 0 Å². The Morgan fingerprint density at radius 1 is 1.11 bits per heavy atom. The molecule has 3 nitrogen and oxygen atoms in total. The molecule has 0 saturated heterocycles. The lowest BCUT2D eigenvalue weighted by Gasteiger charge is -2.12. The molecule has 0 spiro atoms. The summed E-state index contributed by atoms with van der Waals surface area (Å²) in [6, 6.07) is 11.1. The largest absolute Gasteiger partial charge is 0.455 e. The van der Waals surface area contributed by atoms with Crippen molar-refractivity contribution in [3.8, 4) is 11.5 Å². The number of hydrogen-bond acceptors (Lipinski definition) is 3. The summed E-state index contributed by atoms with van der Waals surface area (Å²) in [5.74, 6) is 0.700. The van der Waals surface area contributed by atoms with Crippen LogP contribution in [0.15, 0.2) is 42.5 Å². The fourth-order valence-corrected chi connectivity index (χ4v) is 1.67. The highest BCUT2D eigenvalue weighted by Gasteiger charge is 2.08. The minimum absolute atomic E-state index is 0.0171. The van der Waals surface area contributed by atoms with Crippen LogP contribution in [-0.2, 0) is 6.42 Å². The molecule has 0 aromatic heterocycles. The maximum absolute atomic E-state index is 12.8. The lowest BCUT2D eigenvalue weighted by molar-refractivity contribution is 0.298. The summed E-state index contributed by atoms with van der Waals surface area (Å²) < 4.78 is 18.4. The number of benzene rings is 2. The van der Waals surface area contributed by atoms with Crippen LogP contribution in [0.2, 0.25) is 0 Å². The minimum Gasteiger partial charge on any atom is -0.455 e. The first-order valence-corrected chi connectivity index (χ1v) is 5.62. The molecule has 18 heavy (non-hydrogen) atoms. The predicted octanol–water partition coefficient (Wildman–Crippen LogP) is 2.74. The zero-order valence-electron chi connectivity index (χ0n) is 9.77. The van der Waals surface area contributed by atoms with Crippen molar-refractivity contribution in [2.45, 2.75) is 6.42 Å². The molecule has 4 heteroatoms. The lowest BCUT2D eigenvalue weighted by atomic mass is 10.1. The topological polar surface area (TPSA) is 55.5 Å². The molecule has 0 aliphatic heterocycles. The number of aliphatic hydroxyl groups is 1. The van der Waals surface area contributed by atoms with Crippen LogP contribution in [0.3, 0.4) is 0 Å². The molecule has 94 valence electrons. The van der Waals surface area contributed by atoms with Gasteiger partial charge in [0.25, 0.3) is 0 Å². The summed E-state index contributed by atoms with van der Waals surface area (Å²) in [7, 11) is 0. The Balaban J connectivity index is 2.30. The Hall–Kier alpha value is -2.07. The van der Waals surface area contributed by atoms with Gasteiger partial charge in [-0.05, 0) is 42.3 Å². The number of nitrogens with two attached hydrogens (primary N) is 1. The standard InChI is InChI=1S/C14H14FNO2/c15-11-4-6-12(7-5-11)18-14-10(8-9-17)2-1-3-13(14)16/h1-7,17H,8-9,16H2. The molecule has 0 saturated carbocycles. The Kier molecular flexibility index (Phi) is 3.79. The van der Waals surface area contributed by atoms with Crippen LogP contribution in [0.4, 0.5) is 10.1 Å². The number of halogens is 1. The van der Waals surface area contributed by atoms with E-state index in [0.717, 1.165) is 5.56 Å². The van der Waals surface area contributed by atoms with Gasteiger partial charge in [0.2, 0.25) is 0 Å². The van der Waals surface area contributed by atoms with Gasteiger partial charge in [-0.15, -0.1) is 0 Å². The molecule has 0 unspecified atom stereocenters. The minimum atomic E-state index is -0.320. The quantitative estimate of drug-likeness (QED) is 0.817. The molecule has 0 fully saturated rings. The highest BCUT2D eigenvalue weighted by atomic mass is 19.1. The highest BCUT2D eigenvalue weighted by Crippen LogP contribution is 2.31. The highest BCUT2D eigenvalue weighted by molar-refractivity contribution is 5.58. The average molecular weight is 247 g/mol. The van der Waals surface area contributed by atoms with Crippen molar-refractivity contribution in [2.75, 3.05) is 12.3 Å². The van der Waals surface area contributed by atoms with Crippen LogP contribution in [0.5, 0.6) is 11.5 Å². The van der Waals surface area contributed by atoms with Crippen LogP contribution >= 0.6 is 0 Å². The van der Waals surface area contributed by atoms with Gasteiger partial charge in [-0.2, -0.15) is 0 Å². The second-order valence-electron chi connectivity index (χ2n) is 3.87. The van der Waals surface area contributed by atoms with E-state index in [9.17, 15) is 4.39 Å². The molecule has 0 atom stereocenters. The summed E-state index contributed by atoms with van der Waals surface area (Å²) in [6.07, 6.45) is 0.460. The summed E-state index contributed by atoms with van der Waals surface area (Å²) in [4.78, 5) is 0. The molecule has 0 aliphatic rings. The molecular formula is C14H14FNO2. The normalized spacial score (nSPS) is 10.3. The second-order valence-corrected chi connectivity index (χ2v) is 3.87. The van der Waals surface area contributed by atoms with E-state index in [1.54, 1.807) is 12.1 Å². The third-order valence-corrected chi connectivity index (χ3v) is 2.54. The Morgan fingerprint density at radius 2 is 1.83 bits per heavy atom. The van der Waals surface area contributed by atoms with Crippen molar-refractivity contribution in [1.29, 1.82) is 0 Å². The van der Waals surface area contributed by atoms with Crippen molar-refractivity contribution in [3.63, 3.8) is 0 Å². The number of anilines is 1. The van der Waals surface area contributed by atoms with Gasteiger partial charge in [0.15, 0.2) is 5.75 Å². The summed E-state index contributed by atoms with van der Waals surface area (Å²) >= 11 is 0. The third-order valence-electron chi connectivity index (χ3n) is 2.54. The smallest absolute Gasteiger partial charge is 0.153 e. The van der Waals surface area contributed by atoms with Crippen molar-refractivity contribution in [2.24, 2.45) is 0 Å². The van der Waals surface area contributed by atoms with E-state index in [0.29, 0.717) is 23.6 Å². The van der Waals surface area contributed by atoms with Gasteiger partial charge >= 0.3 is 0 Å². The van der Waals surface area contributed by atoms with Gasteiger partial charge in [0.05, 0.1) is 5.69 Å². The molecular weight excluding hydrogens is 233 g/mol. The SMILES string of the molecule is Nc1cccc(CCO)c1Oc1ccc(F)cc1. The second kappa shape index (κ2) is 5.51. The van der Waals surface area contributed by atoms with E-state index in [-0.39, 0.29) is 12.4 Å². The predicted molar refractivity (Wildman–Crippen MR) is 68.1 cm³/mol. The molecule has 0 amide bonds. The first-order chi connectivity index (χ1) is 8.70. The Labute approximate surface area is 105 Å². The van der Waals surface area contributed by atoms with Gasteiger partial charge in [0, 0.05) is 6.61 Å². The van der Waals surface area contributed by atoms with Crippen LogP contribution in [-0.4, -0.2) is 11.7 Å². The lowest BCUT2D eigenvalue weighted by Crippen LogP contribution is -1.99. The van der Waals surface area contributed by atoms with E-state index >= 15 is 0 Å². The molecule has 0 radical (unpaired) electrons. The molecule has 0 heterocycles. The Morgan fingerprint density at radius 3 is 2.50 bits per heavy atom. The van der Waals surface area contributed by atoms with Crippen molar-refractivity contribution in [1.82, 2.24) is 0 Å². The number of nitrogen functional groups attached to an aromatic ring is 1. The van der Waals surface area contributed by atoms with Gasteiger partial charge in [-0.1, -0.05) is 12.1 Å². The molecule has 0 aliphatic carbocycles. The molecule has 2 aromatic carbocycles. The van der Waals surface area contributed by atoms with Crippen LogP contribution < -0.4 is 10.5 Å². The zero-order chi connectivity index (χ0) is 13.0. The van der Waals surface area contributed by atoms with Crippen LogP contribution in [0.1, 0.15) is 5.56 Å². The van der Waals surface area contributed by atoms with E-state index in [2.05, 4.69) is 0 Å². The zero-order valence-corrected chi connectivity index (χ0v) is 9.77. The van der Waals surface area contributed by atoms with Gasteiger partial charge in [-0.25, -0.2) is 4.39 Å². The first kappa shape index (κ1) is 12.4. The fourth-order valence-electron chi connectivity index (χ4n) is 1.67. The maximum atomic E-state index is 12.8. The van der Waals surface area contributed by atoms with E-state index in [4.69, 9.17) is 15.6 Å². The molecule has 2 aromatic rings. The Bertz CT molecular complexity index is 526. The summed E-state index contributed by atoms with van der Waals surface area (Å²) in [5, 5.41) is 8.99. The number of aliphatic hydroxyl groups excluding tert-OH is 1. The number of rotatable bonds is 4. The van der Waals surface area contributed by atoms with E-state index in [1.165, 1.54) is 24.3 Å². The van der Waals surface area contributed by atoms with Crippen molar-refractivity contribution >= 4 is 5.69 Å². The van der Waals surface area contributed by atoms with Crippen LogP contribution in [0, 0.1) is 5.82 Å². The van der Waals surface area contributed by atoms with Crippen molar-refractivity contribution < 1.29 is 14.2 Å². The van der Waals surface area contributed by atoms with Gasteiger partial charge in [-0.3, -0.25) is 0 Å². The monoisotopic (exact) mass is 247 g/mol. The average Bonchev–Trinajstić information content (AvgIpc) is 2.36. The summed E-state index contributed by atoms with van der Waals surface area (Å²) in [5.41, 5.74) is 7.16. The number of para-hydroxylation sites is 1. The van der Waals surface area contributed by atoms with Gasteiger partial charge < -0.3 is 15.6 Å². The van der Waals surface area contributed by atoms with Crippen LogP contribution in [0.25, 0.3) is 0 Å². The number of hydrogen-bond donors (Lipinski definition) is 2. The first-order valence-electron chi connectivity index (χ1n) is 5.62. The molecule has 0 bridgehead atoms. The van der Waals surface area contributed by atoms with Gasteiger partial charge in [0.1, 0.15) is 11.6 Å². The maximum Gasteiger partial charge on any atom is 0.153 e. The molecule has 3 N–H and O–H groups in total. The summed E-state index contributed by atoms with van der Waals surface area (Å²) in [6.45, 7) is 0.0171. The van der Waals surface area contributed by atoms with Crippen molar-refractivity contribution in [3.05, 3.63) is 53.8 Å². The van der Waals surface area contributed by atoms with E-state index in [1.807, 2.05) is 6.07 Å². The third kappa shape index (κ3) is 2.78. The molecule has 2 rings (SSSR count).